The number of hydrogen-bond acceptors (Lipinski definition) is 3. The first-order valence-corrected chi connectivity index (χ1v) is 10.4. The fourth-order valence-electron chi connectivity index (χ4n) is 4.89. The van der Waals surface area contributed by atoms with Crippen LogP contribution in [0.1, 0.15) is 53.2 Å². The molecule has 1 aromatic carbocycles. The van der Waals surface area contributed by atoms with Crippen molar-refractivity contribution in [3.63, 3.8) is 0 Å². The van der Waals surface area contributed by atoms with Crippen molar-refractivity contribution in [2.75, 3.05) is 7.05 Å². The number of piperidine rings is 2. The molecule has 3 heterocycles. The highest BCUT2D eigenvalue weighted by Gasteiger charge is 2.54. The molecule has 2 amide bonds. The van der Waals surface area contributed by atoms with Crippen molar-refractivity contribution in [3.8, 4) is 0 Å². The molecule has 164 valence electrons. The van der Waals surface area contributed by atoms with E-state index in [4.69, 9.17) is 11.6 Å². The number of halogens is 4. The molecule has 3 aliphatic rings. The topological polar surface area (TPSA) is 62.3 Å². The smallest absolute Gasteiger partial charge is 0.343 e. The lowest BCUT2D eigenvalue weighted by Crippen LogP contribution is -2.65. The molecule has 1 saturated carbocycles. The fourth-order valence-corrected chi connectivity index (χ4v) is 5.21. The van der Waals surface area contributed by atoms with Crippen LogP contribution in [-0.4, -0.2) is 34.3 Å². The lowest BCUT2D eigenvalue weighted by molar-refractivity contribution is -0.156. The van der Waals surface area contributed by atoms with E-state index in [1.807, 2.05) is 0 Å². The Bertz CT molecular complexity index is 1000. The second-order valence-corrected chi connectivity index (χ2v) is 8.50. The van der Waals surface area contributed by atoms with Crippen LogP contribution >= 0.6 is 11.6 Å². The molecular formula is C22H21ClF3N3O2. The summed E-state index contributed by atoms with van der Waals surface area (Å²) in [5.74, 6) is -0.706. The summed E-state index contributed by atoms with van der Waals surface area (Å²) < 4.78 is 39.8. The minimum absolute atomic E-state index is 0.0152. The number of rotatable bonds is 4. The minimum Gasteiger partial charge on any atom is -0.343 e. The summed E-state index contributed by atoms with van der Waals surface area (Å²) in [6.45, 7) is 0. The highest BCUT2D eigenvalue weighted by atomic mass is 35.5. The first kappa shape index (κ1) is 21.6. The molecular weight excluding hydrogens is 431 g/mol. The third kappa shape index (κ3) is 3.67. The standard InChI is InChI=1S/C22H21ClF3N3O2/c1-29-20(31)14-5-9-21(29,10-6-14)18(13-7-11-27-12-8-13)28-19(30)15-3-2-4-16(17(15)23)22(24,25)26/h2-4,7-8,11-12,14,18H,5-6,9-10H2,1H3,(H,28,30). The van der Waals surface area contributed by atoms with Gasteiger partial charge in [-0.1, -0.05) is 17.7 Å². The molecule has 1 N–H and O–H groups in total. The number of likely N-dealkylation sites (N-methyl/N-ethyl adjacent to an activating group) is 1. The minimum atomic E-state index is -4.68. The van der Waals surface area contributed by atoms with Gasteiger partial charge in [0.2, 0.25) is 5.91 Å². The van der Waals surface area contributed by atoms with E-state index in [1.165, 1.54) is 6.07 Å². The third-order valence-electron chi connectivity index (χ3n) is 6.60. The van der Waals surface area contributed by atoms with E-state index < -0.39 is 34.3 Å². The highest BCUT2D eigenvalue weighted by molar-refractivity contribution is 6.34. The van der Waals surface area contributed by atoms with Crippen molar-refractivity contribution in [2.24, 2.45) is 5.92 Å². The summed E-state index contributed by atoms with van der Waals surface area (Å²) in [4.78, 5) is 31.6. The summed E-state index contributed by atoms with van der Waals surface area (Å²) in [6, 6.07) is 6.13. The fraction of sp³-hybridized carbons (Fsp3) is 0.409. The molecule has 2 aliphatic heterocycles. The Morgan fingerprint density at radius 3 is 2.48 bits per heavy atom. The zero-order valence-electron chi connectivity index (χ0n) is 16.7. The summed E-state index contributed by atoms with van der Waals surface area (Å²) >= 11 is 5.98. The Kier molecular flexibility index (Phi) is 5.45. The molecule has 9 heteroatoms. The maximum atomic E-state index is 13.3. The summed E-state index contributed by atoms with van der Waals surface area (Å²) in [5.41, 5.74) is -1.26. The molecule has 2 saturated heterocycles. The second-order valence-electron chi connectivity index (χ2n) is 8.13. The predicted molar refractivity (Wildman–Crippen MR) is 108 cm³/mol. The lowest BCUT2D eigenvalue weighted by Gasteiger charge is -2.56. The Balaban J connectivity index is 1.74. The third-order valence-corrected chi connectivity index (χ3v) is 7.01. The predicted octanol–water partition coefficient (Wildman–Crippen LogP) is 4.63. The van der Waals surface area contributed by atoms with E-state index in [9.17, 15) is 22.8 Å². The van der Waals surface area contributed by atoms with Gasteiger partial charge in [-0.15, -0.1) is 0 Å². The van der Waals surface area contributed by atoms with Crippen LogP contribution < -0.4 is 5.32 Å². The molecule has 0 spiro atoms. The Morgan fingerprint density at radius 2 is 1.87 bits per heavy atom. The van der Waals surface area contributed by atoms with Crippen molar-refractivity contribution in [3.05, 3.63) is 64.4 Å². The average Bonchev–Trinajstić information content (AvgIpc) is 2.75. The average molecular weight is 452 g/mol. The lowest BCUT2D eigenvalue weighted by atomic mass is 9.65. The van der Waals surface area contributed by atoms with Gasteiger partial charge >= 0.3 is 6.18 Å². The quantitative estimate of drug-likeness (QED) is 0.737. The number of alkyl halides is 3. The van der Waals surface area contributed by atoms with Gasteiger partial charge in [-0.05, 0) is 55.5 Å². The van der Waals surface area contributed by atoms with E-state index in [0.29, 0.717) is 25.7 Å². The molecule has 5 nitrogen and oxygen atoms in total. The molecule has 0 radical (unpaired) electrons. The molecule has 1 unspecified atom stereocenters. The van der Waals surface area contributed by atoms with Crippen LogP contribution in [0.25, 0.3) is 0 Å². The number of hydrogen-bond donors (Lipinski definition) is 1. The largest absolute Gasteiger partial charge is 0.417 e. The van der Waals surface area contributed by atoms with Crippen LogP contribution in [0.5, 0.6) is 0 Å². The first-order chi connectivity index (χ1) is 14.6. The molecule has 5 rings (SSSR count). The highest BCUT2D eigenvalue weighted by Crippen LogP contribution is 2.49. The van der Waals surface area contributed by atoms with Crippen molar-refractivity contribution < 1.29 is 22.8 Å². The molecule has 1 aliphatic carbocycles. The molecule has 1 atom stereocenters. The molecule has 1 aromatic heterocycles. The van der Waals surface area contributed by atoms with Gasteiger partial charge in [0.05, 0.1) is 27.7 Å². The number of fused-ring (bicyclic) bond motifs is 3. The van der Waals surface area contributed by atoms with Crippen molar-refractivity contribution >= 4 is 23.4 Å². The summed E-state index contributed by atoms with van der Waals surface area (Å²) in [6.07, 6.45) is 1.28. The Hall–Kier alpha value is -2.61. The molecule has 31 heavy (non-hydrogen) atoms. The van der Waals surface area contributed by atoms with Gasteiger partial charge in [-0.25, -0.2) is 0 Å². The molecule has 2 bridgehead atoms. The van der Waals surface area contributed by atoms with Crippen LogP contribution in [0.3, 0.4) is 0 Å². The Labute approximate surface area is 182 Å². The maximum absolute atomic E-state index is 13.3. The summed E-state index contributed by atoms with van der Waals surface area (Å²) in [7, 11) is 1.73. The van der Waals surface area contributed by atoms with Gasteiger partial charge in [0.25, 0.3) is 5.91 Å². The number of pyridine rings is 1. The number of nitrogens with one attached hydrogen (secondary N) is 1. The van der Waals surface area contributed by atoms with Crippen LogP contribution in [0, 0.1) is 5.92 Å². The summed E-state index contributed by atoms with van der Waals surface area (Å²) in [5, 5.41) is 2.25. The van der Waals surface area contributed by atoms with Crippen LogP contribution in [0.4, 0.5) is 13.2 Å². The Morgan fingerprint density at radius 1 is 1.23 bits per heavy atom. The van der Waals surface area contributed by atoms with Gasteiger partial charge in [-0.3, -0.25) is 14.6 Å². The van der Waals surface area contributed by atoms with E-state index in [2.05, 4.69) is 10.3 Å². The van der Waals surface area contributed by atoms with Crippen LogP contribution in [0.15, 0.2) is 42.7 Å². The number of carbonyl (C=O) groups excluding carboxylic acids is 2. The van der Waals surface area contributed by atoms with Crippen molar-refractivity contribution in [1.29, 1.82) is 0 Å². The van der Waals surface area contributed by atoms with E-state index >= 15 is 0 Å². The van der Waals surface area contributed by atoms with E-state index in [0.717, 1.165) is 17.7 Å². The zero-order valence-corrected chi connectivity index (χ0v) is 17.5. The SMILES string of the molecule is CN1C(=O)C2CCC1(C(NC(=O)c1cccc(C(F)(F)F)c1Cl)c1ccncc1)CC2. The zero-order chi connectivity index (χ0) is 22.4. The van der Waals surface area contributed by atoms with Crippen LogP contribution in [0.2, 0.25) is 5.02 Å². The van der Waals surface area contributed by atoms with Gasteiger partial charge in [0.1, 0.15) is 0 Å². The van der Waals surface area contributed by atoms with Crippen molar-refractivity contribution in [2.45, 2.75) is 43.4 Å². The van der Waals surface area contributed by atoms with Gasteiger partial charge in [0.15, 0.2) is 0 Å². The first-order valence-electron chi connectivity index (χ1n) is 9.99. The molecule has 3 fully saturated rings. The van der Waals surface area contributed by atoms with E-state index in [-0.39, 0.29) is 17.4 Å². The van der Waals surface area contributed by atoms with Crippen molar-refractivity contribution in [1.82, 2.24) is 15.2 Å². The number of amides is 2. The second kappa shape index (κ2) is 7.82. The van der Waals surface area contributed by atoms with Gasteiger partial charge in [-0.2, -0.15) is 13.2 Å². The number of aromatic nitrogens is 1. The normalized spacial score (nSPS) is 24.2. The monoisotopic (exact) mass is 451 g/mol. The van der Waals surface area contributed by atoms with Gasteiger partial charge < -0.3 is 10.2 Å². The number of benzene rings is 1. The van der Waals surface area contributed by atoms with Crippen LogP contribution in [-0.2, 0) is 11.0 Å². The number of carbonyl (C=O) groups is 2. The van der Waals surface area contributed by atoms with Gasteiger partial charge in [0, 0.05) is 25.4 Å². The maximum Gasteiger partial charge on any atom is 0.417 e. The molecule has 2 aromatic rings. The van der Waals surface area contributed by atoms with E-state index in [1.54, 1.807) is 36.5 Å². The number of nitrogens with zero attached hydrogens (tertiary/aromatic N) is 2.